The predicted octanol–water partition coefficient (Wildman–Crippen LogP) is 7.30. The molecule has 0 aliphatic rings. The van der Waals surface area contributed by atoms with Gasteiger partial charge in [0.25, 0.3) is 0 Å². The van der Waals surface area contributed by atoms with E-state index in [4.69, 9.17) is 0 Å². The smallest absolute Gasteiger partial charge is 0.0540 e. The summed E-state index contributed by atoms with van der Waals surface area (Å²) in [5.74, 6) is 0. The second-order valence-electron chi connectivity index (χ2n) is 5.97. The van der Waals surface area contributed by atoms with E-state index in [1.54, 1.807) is 6.08 Å². The van der Waals surface area contributed by atoms with Crippen LogP contribution in [0.3, 0.4) is 0 Å². The first kappa shape index (κ1) is 18.2. The molecule has 0 unspecified atom stereocenters. The van der Waals surface area contributed by atoms with Gasteiger partial charge in [-0.25, -0.2) is 0 Å². The van der Waals surface area contributed by atoms with Crippen LogP contribution in [-0.2, 0) is 0 Å². The van der Waals surface area contributed by atoms with Crippen LogP contribution in [0.25, 0.3) is 11.1 Å². The van der Waals surface area contributed by atoms with Crippen molar-refractivity contribution in [2.45, 2.75) is 0 Å². The second kappa shape index (κ2) is 9.21. The zero-order valence-corrected chi connectivity index (χ0v) is 15.3. The van der Waals surface area contributed by atoms with Crippen LogP contribution in [-0.4, -0.2) is 0 Å². The molecule has 0 aromatic heterocycles. The fourth-order valence-corrected chi connectivity index (χ4v) is 3.00. The van der Waals surface area contributed by atoms with Crippen molar-refractivity contribution in [1.82, 2.24) is 0 Å². The molecule has 0 aliphatic heterocycles. The summed E-state index contributed by atoms with van der Waals surface area (Å²) in [6, 6.07) is 29.2. The molecular weight excluding hydrogens is 326 g/mol. The summed E-state index contributed by atoms with van der Waals surface area (Å²) >= 11 is 0. The minimum absolute atomic E-state index is 0.989. The Kier molecular flexibility index (Phi) is 6.21. The summed E-state index contributed by atoms with van der Waals surface area (Å²) in [5, 5.41) is 0. The summed E-state index contributed by atoms with van der Waals surface area (Å²) < 4.78 is 0. The van der Waals surface area contributed by atoms with Crippen LogP contribution in [0.4, 0.5) is 11.4 Å². The van der Waals surface area contributed by atoms with Gasteiger partial charge in [0.2, 0.25) is 0 Å². The molecule has 3 aromatic rings. The third-order valence-corrected chi connectivity index (χ3v) is 4.23. The molecule has 0 amide bonds. The molecule has 0 atom stereocenters. The van der Waals surface area contributed by atoms with Crippen LogP contribution < -0.4 is 4.90 Å². The third kappa shape index (κ3) is 4.34. The summed E-state index contributed by atoms with van der Waals surface area (Å²) in [6.45, 7) is 7.79. The molecule has 0 fully saturated rings. The van der Waals surface area contributed by atoms with Gasteiger partial charge in [-0.2, -0.15) is 0 Å². The first-order valence-corrected chi connectivity index (χ1v) is 8.96. The summed E-state index contributed by atoms with van der Waals surface area (Å²) in [5.41, 5.74) is 5.52. The number of anilines is 2. The number of allylic oxidation sites excluding steroid dienone is 5. The van der Waals surface area contributed by atoms with E-state index in [1.807, 2.05) is 48.6 Å². The molecule has 0 N–H and O–H groups in total. The Morgan fingerprint density at radius 3 is 2.00 bits per heavy atom. The van der Waals surface area contributed by atoms with Gasteiger partial charge in [-0.1, -0.05) is 98.1 Å². The maximum absolute atomic E-state index is 4.04. The van der Waals surface area contributed by atoms with Crippen molar-refractivity contribution in [3.8, 4) is 11.1 Å². The van der Waals surface area contributed by atoms with Crippen molar-refractivity contribution < 1.29 is 0 Å². The molecule has 3 aromatic carbocycles. The maximum Gasteiger partial charge on any atom is 0.0540 e. The van der Waals surface area contributed by atoms with Gasteiger partial charge >= 0.3 is 0 Å². The number of rotatable bonds is 7. The standard InChI is InChI=1S/C26H23N/c1-3-5-8-17-23(4-2)27(24-18-11-7-12-19-24)26-21-14-13-20-25(26)22-15-9-6-10-16-22/h3-21H,1-2H2/b8-5-,23-17+. The van der Waals surface area contributed by atoms with E-state index >= 15 is 0 Å². The predicted molar refractivity (Wildman–Crippen MR) is 118 cm³/mol. The van der Waals surface area contributed by atoms with E-state index < -0.39 is 0 Å². The van der Waals surface area contributed by atoms with Crippen molar-refractivity contribution in [3.63, 3.8) is 0 Å². The Bertz CT molecular complexity index is 950. The van der Waals surface area contributed by atoms with Gasteiger partial charge in [0.05, 0.1) is 5.69 Å². The van der Waals surface area contributed by atoms with Crippen molar-refractivity contribution >= 4 is 11.4 Å². The average molecular weight is 349 g/mol. The summed E-state index contributed by atoms with van der Waals surface area (Å²) in [7, 11) is 0. The van der Waals surface area contributed by atoms with Gasteiger partial charge in [-0.3, -0.25) is 0 Å². The van der Waals surface area contributed by atoms with Crippen LogP contribution in [0.1, 0.15) is 0 Å². The lowest BCUT2D eigenvalue weighted by atomic mass is 10.0. The van der Waals surface area contributed by atoms with Gasteiger partial charge < -0.3 is 4.90 Å². The zero-order chi connectivity index (χ0) is 18.9. The summed E-state index contributed by atoms with van der Waals surface area (Å²) in [4.78, 5) is 2.22. The zero-order valence-electron chi connectivity index (χ0n) is 15.3. The Morgan fingerprint density at radius 2 is 1.33 bits per heavy atom. The van der Waals surface area contributed by atoms with Crippen LogP contribution in [0, 0.1) is 0 Å². The molecule has 3 rings (SSSR count). The quantitative estimate of drug-likeness (QED) is 0.404. The molecule has 132 valence electrons. The van der Waals surface area contributed by atoms with E-state index in [0.29, 0.717) is 0 Å². The Hall–Kier alpha value is -3.58. The molecular formula is C26H23N. The molecule has 0 saturated carbocycles. The number of benzene rings is 3. The van der Waals surface area contributed by atoms with E-state index in [9.17, 15) is 0 Å². The van der Waals surface area contributed by atoms with E-state index in [-0.39, 0.29) is 0 Å². The highest BCUT2D eigenvalue weighted by Crippen LogP contribution is 2.37. The third-order valence-electron chi connectivity index (χ3n) is 4.23. The monoisotopic (exact) mass is 349 g/mol. The molecule has 1 heteroatoms. The lowest BCUT2D eigenvalue weighted by molar-refractivity contribution is 1.21. The topological polar surface area (TPSA) is 3.24 Å². The van der Waals surface area contributed by atoms with Crippen molar-refractivity contribution in [2.75, 3.05) is 4.90 Å². The van der Waals surface area contributed by atoms with E-state index in [1.165, 1.54) is 11.1 Å². The number of para-hydroxylation sites is 2. The Balaban J connectivity index is 2.21. The van der Waals surface area contributed by atoms with Gasteiger partial charge in [-0.15, -0.1) is 0 Å². The largest absolute Gasteiger partial charge is 0.310 e. The van der Waals surface area contributed by atoms with Crippen LogP contribution in [0.15, 0.2) is 134 Å². The Labute approximate surface area is 161 Å². The van der Waals surface area contributed by atoms with E-state index in [0.717, 1.165) is 17.1 Å². The maximum atomic E-state index is 4.04. The molecule has 0 aliphatic carbocycles. The first-order chi connectivity index (χ1) is 13.3. The molecule has 1 nitrogen and oxygen atoms in total. The molecule has 0 bridgehead atoms. The number of nitrogens with zero attached hydrogens (tertiary/aromatic N) is 1. The van der Waals surface area contributed by atoms with Crippen LogP contribution in [0.5, 0.6) is 0 Å². The number of hydrogen-bond acceptors (Lipinski definition) is 1. The SMILES string of the molecule is C=C/C=C\C=C(/C=C)N(c1ccccc1)c1ccccc1-c1ccccc1. The minimum Gasteiger partial charge on any atom is -0.310 e. The lowest BCUT2D eigenvalue weighted by Gasteiger charge is -2.28. The molecule has 0 spiro atoms. The lowest BCUT2D eigenvalue weighted by Crippen LogP contribution is -2.15. The fraction of sp³-hybridized carbons (Fsp3) is 0. The summed E-state index contributed by atoms with van der Waals surface area (Å²) in [6.07, 6.45) is 9.58. The van der Waals surface area contributed by atoms with Gasteiger partial charge in [0.15, 0.2) is 0 Å². The Morgan fingerprint density at radius 1 is 0.704 bits per heavy atom. The molecule has 0 saturated heterocycles. The highest BCUT2D eigenvalue weighted by molar-refractivity contribution is 5.85. The number of hydrogen-bond donors (Lipinski definition) is 0. The fourth-order valence-electron chi connectivity index (χ4n) is 3.00. The van der Waals surface area contributed by atoms with Gasteiger partial charge in [0.1, 0.15) is 0 Å². The van der Waals surface area contributed by atoms with Crippen LogP contribution in [0.2, 0.25) is 0 Å². The van der Waals surface area contributed by atoms with Gasteiger partial charge in [-0.05, 0) is 35.9 Å². The van der Waals surface area contributed by atoms with E-state index in [2.05, 4.69) is 78.7 Å². The second-order valence-corrected chi connectivity index (χ2v) is 5.97. The highest BCUT2D eigenvalue weighted by atomic mass is 15.1. The normalized spacial score (nSPS) is 11.3. The first-order valence-electron chi connectivity index (χ1n) is 8.96. The molecule has 0 heterocycles. The van der Waals surface area contributed by atoms with Gasteiger partial charge in [0, 0.05) is 16.9 Å². The highest BCUT2D eigenvalue weighted by Gasteiger charge is 2.16. The van der Waals surface area contributed by atoms with Crippen molar-refractivity contribution in [1.29, 1.82) is 0 Å². The van der Waals surface area contributed by atoms with Crippen LogP contribution >= 0.6 is 0 Å². The van der Waals surface area contributed by atoms with Crippen molar-refractivity contribution in [2.24, 2.45) is 0 Å². The molecule has 27 heavy (non-hydrogen) atoms. The minimum atomic E-state index is 0.989. The molecule has 0 radical (unpaired) electrons. The van der Waals surface area contributed by atoms with Crippen molar-refractivity contribution in [3.05, 3.63) is 134 Å². The average Bonchev–Trinajstić information content (AvgIpc) is 2.75.